The van der Waals surface area contributed by atoms with Gasteiger partial charge in [0, 0.05) is 30.6 Å². The topological polar surface area (TPSA) is 26.0 Å². The van der Waals surface area contributed by atoms with Gasteiger partial charge in [0.2, 0.25) is 0 Å². The third-order valence-electron chi connectivity index (χ3n) is 2.19. The van der Waals surface area contributed by atoms with Gasteiger partial charge in [-0.2, -0.15) is 0 Å². The summed E-state index contributed by atoms with van der Waals surface area (Å²) in [7, 11) is 0. The number of thioether (sulfide) groups is 1. The number of rotatable bonds is 4. The van der Waals surface area contributed by atoms with Crippen molar-refractivity contribution in [3.05, 3.63) is 49.5 Å². The molecule has 2 aromatic rings. The van der Waals surface area contributed by atoms with Crippen molar-refractivity contribution in [2.75, 3.05) is 6.54 Å². The molecule has 0 radical (unpaired) electrons. The summed E-state index contributed by atoms with van der Waals surface area (Å²) in [5.74, 6) is 0. The maximum atomic E-state index is 5.86. The fourth-order valence-electron chi connectivity index (χ4n) is 1.42. The first kappa shape index (κ1) is 13.6. The first-order valence-electron chi connectivity index (χ1n) is 5.05. The van der Waals surface area contributed by atoms with Crippen molar-refractivity contribution in [2.24, 2.45) is 5.73 Å². The molecule has 1 nitrogen and oxygen atoms in total. The second-order valence-corrected chi connectivity index (χ2v) is 7.52. The summed E-state index contributed by atoms with van der Waals surface area (Å²) in [6.45, 7) is 0.643. The minimum absolute atomic E-state index is 0.320. The molecule has 0 aliphatic carbocycles. The van der Waals surface area contributed by atoms with E-state index in [0.29, 0.717) is 11.8 Å². The van der Waals surface area contributed by atoms with Crippen molar-refractivity contribution in [1.82, 2.24) is 0 Å². The Morgan fingerprint density at radius 2 is 2.06 bits per heavy atom. The second kappa shape index (κ2) is 6.38. The van der Waals surface area contributed by atoms with Gasteiger partial charge in [-0.15, -0.1) is 23.1 Å². The average molecular weight is 393 g/mol. The van der Waals surface area contributed by atoms with E-state index in [1.165, 1.54) is 9.77 Å². The SMILES string of the molecule is NCC(Sc1cccc(Br)c1)c1cc(Br)cs1. The Morgan fingerprint density at radius 3 is 2.65 bits per heavy atom. The van der Waals surface area contributed by atoms with Gasteiger partial charge in [-0.05, 0) is 40.2 Å². The van der Waals surface area contributed by atoms with E-state index in [0.717, 1.165) is 8.95 Å². The van der Waals surface area contributed by atoms with Gasteiger partial charge in [0.1, 0.15) is 0 Å². The number of hydrogen-bond donors (Lipinski definition) is 1. The molecule has 90 valence electrons. The van der Waals surface area contributed by atoms with Crippen molar-refractivity contribution in [2.45, 2.75) is 10.1 Å². The molecule has 1 unspecified atom stereocenters. The lowest BCUT2D eigenvalue weighted by Gasteiger charge is -2.12. The molecule has 17 heavy (non-hydrogen) atoms. The van der Waals surface area contributed by atoms with Crippen LogP contribution in [-0.4, -0.2) is 6.54 Å². The number of benzene rings is 1. The molecule has 1 aromatic heterocycles. The summed E-state index contributed by atoms with van der Waals surface area (Å²) in [6.07, 6.45) is 0. The number of halogens is 2. The smallest absolute Gasteiger partial charge is 0.0561 e. The van der Waals surface area contributed by atoms with E-state index in [9.17, 15) is 0 Å². The lowest BCUT2D eigenvalue weighted by Crippen LogP contribution is -2.07. The van der Waals surface area contributed by atoms with Crippen LogP contribution in [0.4, 0.5) is 0 Å². The third kappa shape index (κ3) is 3.83. The van der Waals surface area contributed by atoms with Crippen molar-refractivity contribution < 1.29 is 0 Å². The summed E-state index contributed by atoms with van der Waals surface area (Å²) < 4.78 is 2.23. The average Bonchev–Trinajstić information content (AvgIpc) is 2.73. The van der Waals surface area contributed by atoms with Gasteiger partial charge in [-0.1, -0.05) is 22.0 Å². The molecule has 0 amide bonds. The fourth-order valence-corrected chi connectivity index (χ4v) is 4.69. The van der Waals surface area contributed by atoms with E-state index in [2.05, 4.69) is 55.4 Å². The third-order valence-corrected chi connectivity index (χ3v) is 5.90. The molecule has 0 bridgehead atoms. The highest BCUT2D eigenvalue weighted by molar-refractivity contribution is 9.10. The molecule has 0 aliphatic rings. The first-order valence-corrected chi connectivity index (χ1v) is 8.40. The van der Waals surface area contributed by atoms with Gasteiger partial charge < -0.3 is 5.73 Å². The van der Waals surface area contributed by atoms with Crippen LogP contribution in [0.25, 0.3) is 0 Å². The van der Waals surface area contributed by atoms with E-state index in [1.807, 2.05) is 12.1 Å². The van der Waals surface area contributed by atoms with E-state index in [4.69, 9.17) is 5.73 Å². The number of hydrogen-bond acceptors (Lipinski definition) is 3. The molecule has 5 heteroatoms. The summed E-state index contributed by atoms with van der Waals surface area (Å²) >= 11 is 10.5. The molecule has 0 fully saturated rings. The molecular formula is C12H11Br2NS2. The van der Waals surface area contributed by atoms with Crippen LogP contribution in [0.3, 0.4) is 0 Å². The van der Waals surface area contributed by atoms with Gasteiger partial charge in [0.25, 0.3) is 0 Å². The minimum Gasteiger partial charge on any atom is -0.329 e. The van der Waals surface area contributed by atoms with Gasteiger partial charge >= 0.3 is 0 Å². The normalized spacial score (nSPS) is 12.6. The minimum atomic E-state index is 0.320. The van der Waals surface area contributed by atoms with Crippen LogP contribution in [-0.2, 0) is 0 Å². The lowest BCUT2D eigenvalue weighted by atomic mass is 10.3. The Labute approximate surface area is 126 Å². The van der Waals surface area contributed by atoms with Gasteiger partial charge in [0.05, 0.1) is 5.25 Å². The summed E-state index contributed by atoms with van der Waals surface area (Å²) in [5, 5.41) is 2.42. The van der Waals surface area contributed by atoms with Crippen LogP contribution < -0.4 is 5.73 Å². The van der Waals surface area contributed by atoms with Crippen molar-refractivity contribution in [3.63, 3.8) is 0 Å². The predicted molar refractivity (Wildman–Crippen MR) is 83.8 cm³/mol. The van der Waals surface area contributed by atoms with Crippen LogP contribution in [0, 0.1) is 0 Å². The molecule has 1 heterocycles. The number of nitrogens with two attached hydrogens (primary N) is 1. The maximum absolute atomic E-state index is 5.86. The Kier molecular flexibility index (Phi) is 5.11. The second-order valence-electron chi connectivity index (χ2n) is 3.47. The molecule has 2 rings (SSSR count). The summed E-state index contributed by atoms with van der Waals surface area (Å²) in [6, 6.07) is 10.5. The highest BCUT2D eigenvalue weighted by Crippen LogP contribution is 2.38. The molecule has 1 aromatic carbocycles. The first-order chi connectivity index (χ1) is 8.19. The van der Waals surface area contributed by atoms with Crippen LogP contribution >= 0.6 is 55.0 Å². The highest BCUT2D eigenvalue weighted by atomic mass is 79.9. The van der Waals surface area contributed by atoms with Gasteiger partial charge in [-0.3, -0.25) is 0 Å². The Hall–Kier alpha value is 0.190. The zero-order valence-corrected chi connectivity index (χ0v) is 13.7. The highest BCUT2D eigenvalue weighted by Gasteiger charge is 2.13. The van der Waals surface area contributed by atoms with Crippen LogP contribution in [0.5, 0.6) is 0 Å². The molecule has 0 saturated carbocycles. The molecule has 0 spiro atoms. The van der Waals surface area contributed by atoms with Crippen LogP contribution in [0.1, 0.15) is 10.1 Å². The predicted octanol–water partition coefficient (Wildman–Crippen LogP) is 5.07. The lowest BCUT2D eigenvalue weighted by molar-refractivity contribution is 0.960. The Morgan fingerprint density at radius 1 is 1.24 bits per heavy atom. The molecule has 1 atom stereocenters. The zero-order chi connectivity index (χ0) is 12.3. The van der Waals surface area contributed by atoms with E-state index in [-0.39, 0.29) is 0 Å². The quantitative estimate of drug-likeness (QED) is 0.735. The fraction of sp³-hybridized carbons (Fsp3) is 0.167. The zero-order valence-electron chi connectivity index (χ0n) is 8.90. The van der Waals surface area contributed by atoms with E-state index < -0.39 is 0 Å². The van der Waals surface area contributed by atoms with Crippen molar-refractivity contribution in [3.8, 4) is 0 Å². The van der Waals surface area contributed by atoms with Crippen molar-refractivity contribution in [1.29, 1.82) is 0 Å². The molecule has 2 N–H and O–H groups in total. The maximum Gasteiger partial charge on any atom is 0.0561 e. The van der Waals surface area contributed by atoms with Gasteiger partial charge in [0.15, 0.2) is 0 Å². The standard InChI is InChI=1S/C12H11Br2NS2/c13-8-2-1-3-10(4-8)17-12(6-15)11-5-9(14)7-16-11/h1-5,7,12H,6,15H2. The largest absolute Gasteiger partial charge is 0.329 e. The molecule has 0 aliphatic heterocycles. The summed E-state index contributed by atoms with van der Waals surface area (Å²) in [4.78, 5) is 2.55. The number of thiophene rings is 1. The van der Waals surface area contributed by atoms with Gasteiger partial charge in [-0.25, -0.2) is 0 Å². The van der Waals surface area contributed by atoms with E-state index in [1.54, 1.807) is 23.1 Å². The van der Waals surface area contributed by atoms with Crippen LogP contribution in [0.2, 0.25) is 0 Å². The molecular weight excluding hydrogens is 382 g/mol. The Bertz CT molecular complexity index is 499. The molecule has 0 saturated heterocycles. The van der Waals surface area contributed by atoms with Crippen LogP contribution in [0.15, 0.2) is 49.6 Å². The monoisotopic (exact) mass is 391 g/mol. The summed E-state index contributed by atoms with van der Waals surface area (Å²) in [5.41, 5.74) is 5.86. The van der Waals surface area contributed by atoms with E-state index >= 15 is 0 Å². The Balaban J connectivity index is 2.15. The van der Waals surface area contributed by atoms with Crippen molar-refractivity contribution >= 4 is 55.0 Å².